The van der Waals surface area contributed by atoms with Gasteiger partial charge in [0, 0.05) is 25.1 Å². The molecule has 1 fully saturated rings. The number of hydrogen-bond acceptors (Lipinski definition) is 4. The molecule has 0 radical (unpaired) electrons. The van der Waals surface area contributed by atoms with Crippen molar-refractivity contribution >= 4 is 17.3 Å². The number of benzene rings is 1. The summed E-state index contributed by atoms with van der Waals surface area (Å²) in [5.74, 6) is -0.499. The second-order valence-electron chi connectivity index (χ2n) is 4.26. The Balaban J connectivity index is 2.39. The van der Waals surface area contributed by atoms with Crippen LogP contribution in [0.5, 0.6) is 0 Å². The van der Waals surface area contributed by atoms with Crippen molar-refractivity contribution in [3.63, 3.8) is 0 Å². The third kappa shape index (κ3) is 2.02. The first-order valence-corrected chi connectivity index (χ1v) is 5.48. The van der Waals surface area contributed by atoms with Gasteiger partial charge in [0.1, 0.15) is 0 Å². The number of carbonyl (C=O) groups excluding carboxylic acids is 1. The highest BCUT2D eigenvalue weighted by molar-refractivity contribution is 5.97. The summed E-state index contributed by atoms with van der Waals surface area (Å²) in [6, 6.07) is 6.45. The molecule has 1 aromatic rings. The van der Waals surface area contributed by atoms with E-state index in [2.05, 4.69) is 6.07 Å². The minimum atomic E-state index is -0.495. The third-order valence-corrected chi connectivity index (χ3v) is 3.00. The van der Waals surface area contributed by atoms with E-state index in [9.17, 15) is 14.9 Å². The summed E-state index contributed by atoms with van der Waals surface area (Å²) >= 11 is 0. The molecule has 1 aliphatic rings. The monoisotopic (exact) mass is 245 g/mol. The van der Waals surface area contributed by atoms with Crippen LogP contribution in [-0.4, -0.2) is 17.4 Å². The minimum Gasteiger partial charge on any atom is -0.311 e. The number of anilines is 1. The topological polar surface area (TPSA) is 87.2 Å². The van der Waals surface area contributed by atoms with Crippen LogP contribution < -0.4 is 4.90 Å². The first kappa shape index (κ1) is 12.0. The van der Waals surface area contributed by atoms with Crippen molar-refractivity contribution in [2.24, 2.45) is 5.92 Å². The number of aryl methyl sites for hydroxylation is 1. The number of nitrogens with zero attached hydrogens (tertiary/aromatic N) is 3. The van der Waals surface area contributed by atoms with Gasteiger partial charge in [-0.3, -0.25) is 14.9 Å². The van der Waals surface area contributed by atoms with Gasteiger partial charge < -0.3 is 4.90 Å². The van der Waals surface area contributed by atoms with Crippen molar-refractivity contribution in [3.8, 4) is 6.07 Å². The summed E-state index contributed by atoms with van der Waals surface area (Å²) < 4.78 is 0. The molecule has 18 heavy (non-hydrogen) atoms. The Hall–Kier alpha value is -2.42. The zero-order valence-electron chi connectivity index (χ0n) is 9.79. The average molecular weight is 245 g/mol. The van der Waals surface area contributed by atoms with Crippen molar-refractivity contribution in [1.29, 1.82) is 5.26 Å². The van der Waals surface area contributed by atoms with E-state index in [-0.39, 0.29) is 23.9 Å². The molecule has 0 bridgehead atoms. The van der Waals surface area contributed by atoms with Gasteiger partial charge in [0.15, 0.2) is 0 Å². The smallest absolute Gasteiger partial charge is 0.271 e. The molecule has 0 saturated carbocycles. The van der Waals surface area contributed by atoms with Gasteiger partial charge in [-0.2, -0.15) is 5.26 Å². The second-order valence-corrected chi connectivity index (χ2v) is 4.26. The van der Waals surface area contributed by atoms with Crippen LogP contribution in [0.3, 0.4) is 0 Å². The maximum atomic E-state index is 11.8. The molecule has 0 spiro atoms. The van der Waals surface area contributed by atoms with E-state index in [1.165, 1.54) is 17.0 Å². The fourth-order valence-corrected chi connectivity index (χ4v) is 2.03. The summed E-state index contributed by atoms with van der Waals surface area (Å²) in [6.45, 7) is 2.09. The van der Waals surface area contributed by atoms with Crippen LogP contribution in [-0.2, 0) is 4.79 Å². The van der Waals surface area contributed by atoms with Crippen LogP contribution in [0, 0.1) is 34.3 Å². The number of amides is 1. The Morgan fingerprint density at radius 1 is 1.56 bits per heavy atom. The number of nitriles is 1. The van der Waals surface area contributed by atoms with Crippen molar-refractivity contribution in [2.75, 3.05) is 11.4 Å². The van der Waals surface area contributed by atoms with E-state index in [1.54, 1.807) is 13.0 Å². The molecule has 1 aromatic carbocycles. The van der Waals surface area contributed by atoms with Gasteiger partial charge in [-0.05, 0) is 12.5 Å². The lowest BCUT2D eigenvalue weighted by atomic mass is 10.1. The first-order chi connectivity index (χ1) is 8.52. The Labute approximate surface area is 104 Å². The number of carbonyl (C=O) groups is 1. The van der Waals surface area contributed by atoms with Crippen molar-refractivity contribution in [3.05, 3.63) is 33.9 Å². The fourth-order valence-electron chi connectivity index (χ4n) is 2.03. The Bertz CT molecular complexity index is 562. The second kappa shape index (κ2) is 4.45. The van der Waals surface area contributed by atoms with Gasteiger partial charge in [-0.1, -0.05) is 6.07 Å². The van der Waals surface area contributed by atoms with Crippen LogP contribution in [0.25, 0.3) is 0 Å². The standard InChI is InChI=1S/C12H11N3O3/c1-8-2-3-10(15(17)18)5-11(8)14-7-9(6-13)4-12(14)16/h2-3,5,9H,4,7H2,1H3. The lowest BCUT2D eigenvalue weighted by Gasteiger charge is -2.17. The van der Waals surface area contributed by atoms with Crippen LogP contribution in [0.4, 0.5) is 11.4 Å². The van der Waals surface area contributed by atoms with E-state index in [4.69, 9.17) is 5.26 Å². The molecular weight excluding hydrogens is 234 g/mol. The average Bonchev–Trinajstić information content (AvgIpc) is 2.71. The SMILES string of the molecule is Cc1ccc([N+](=O)[O-])cc1N1CC(C#N)CC1=O. The molecule has 1 unspecified atom stereocenters. The van der Waals surface area contributed by atoms with E-state index in [0.29, 0.717) is 12.2 Å². The largest absolute Gasteiger partial charge is 0.311 e. The summed E-state index contributed by atoms with van der Waals surface area (Å²) in [6.07, 6.45) is 0.179. The lowest BCUT2D eigenvalue weighted by molar-refractivity contribution is -0.384. The normalized spacial score (nSPS) is 18.8. The van der Waals surface area contributed by atoms with E-state index in [1.807, 2.05) is 0 Å². The van der Waals surface area contributed by atoms with Gasteiger partial charge in [-0.15, -0.1) is 0 Å². The molecule has 1 atom stereocenters. The predicted molar refractivity (Wildman–Crippen MR) is 63.9 cm³/mol. The zero-order chi connectivity index (χ0) is 13.3. The van der Waals surface area contributed by atoms with Crippen molar-refractivity contribution < 1.29 is 9.72 Å². The van der Waals surface area contributed by atoms with E-state index < -0.39 is 4.92 Å². The molecular formula is C12H11N3O3. The van der Waals surface area contributed by atoms with Crippen LogP contribution in [0.15, 0.2) is 18.2 Å². The first-order valence-electron chi connectivity index (χ1n) is 5.48. The molecule has 6 nitrogen and oxygen atoms in total. The van der Waals surface area contributed by atoms with Gasteiger partial charge in [0.05, 0.1) is 22.6 Å². The van der Waals surface area contributed by atoms with Crippen LogP contribution in [0.1, 0.15) is 12.0 Å². The highest BCUT2D eigenvalue weighted by Gasteiger charge is 2.31. The van der Waals surface area contributed by atoms with E-state index in [0.717, 1.165) is 5.56 Å². The number of rotatable bonds is 2. The Morgan fingerprint density at radius 3 is 2.83 bits per heavy atom. The van der Waals surface area contributed by atoms with Crippen LogP contribution in [0.2, 0.25) is 0 Å². The summed E-state index contributed by atoms with van der Waals surface area (Å²) in [5.41, 5.74) is 1.25. The molecule has 6 heteroatoms. The molecule has 1 amide bonds. The fraction of sp³-hybridized carbons (Fsp3) is 0.333. The molecule has 1 heterocycles. The minimum absolute atomic E-state index is 0.0520. The Kier molecular flexibility index (Phi) is 2.98. The van der Waals surface area contributed by atoms with Gasteiger partial charge >= 0.3 is 0 Å². The highest BCUT2D eigenvalue weighted by atomic mass is 16.6. The van der Waals surface area contributed by atoms with Gasteiger partial charge in [-0.25, -0.2) is 0 Å². The molecule has 0 aliphatic carbocycles. The third-order valence-electron chi connectivity index (χ3n) is 3.00. The molecule has 0 aromatic heterocycles. The summed E-state index contributed by atoms with van der Waals surface area (Å²) in [5, 5.41) is 19.6. The van der Waals surface area contributed by atoms with Gasteiger partial charge in [0.25, 0.3) is 5.69 Å². The molecule has 2 rings (SSSR count). The van der Waals surface area contributed by atoms with E-state index >= 15 is 0 Å². The van der Waals surface area contributed by atoms with Crippen LogP contribution >= 0.6 is 0 Å². The molecule has 1 aliphatic heterocycles. The van der Waals surface area contributed by atoms with Crippen molar-refractivity contribution in [1.82, 2.24) is 0 Å². The predicted octanol–water partition coefficient (Wildman–Crippen LogP) is 1.78. The number of nitro groups is 1. The molecule has 92 valence electrons. The molecule has 0 N–H and O–H groups in total. The maximum absolute atomic E-state index is 11.8. The van der Waals surface area contributed by atoms with Crippen molar-refractivity contribution in [2.45, 2.75) is 13.3 Å². The quantitative estimate of drug-likeness (QED) is 0.587. The zero-order valence-corrected chi connectivity index (χ0v) is 9.79. The number of hydrogen-bond donors (Lipinski definition) is 0. The summed E-state index contributed by atoms with van der Waals surface area (Å²) in [4.78, 5) is 23.5. The van der Waals surface area contributed by atoms with Gasteiger partial charge in [0.2, 0.25) is 5.91 Å². The lowest BCUT2D eigenvalue weighted by Crippen LogP contribution is -2.25. The highest BCUT2D eigenvalue weighted by Crippen LogP contribution is 2.30. The molecule has 1 saturated heterocycles. The Morgan fingerprint density at radius 2 is 2.28 bits per heavy atom. The maximum Gasteiger partial charge on any atom is 0.271 e. The number of nitro benzene ring substituents is 1. The number of non-ortho nitro benzene ring substituents is 1. The summed E-state index contributed by atoms with van der Waals surface area (Å²) in [7, 11) is 0.